The predicted molar refractivity (Wildman–Crippen MR) is 75.4 cm³/mol. The van der Waals surface area contributed by atoms with Crippen molar-refractivity contribution in [3.63, 3.8) is 0 Å². The lowest BCUT2D eigenvalue weighted by atomic mass is 9.97. The molecule has 0 spiro atoms. The maximum absolute atomic E-state index is 4.43. The van der Waals surface area contributed by atoms with Gasteiger partial charge in [-0.15, -0.1) is 0 Å². The lowest BCUT2D eigenvalue weighted by Crippen LogP contribution is -2.35. The zero-order valence-corrected chi connectivity index (χ0v) is 12.2. The van der Waals surface area contributed by atoms with Gasteiger partial charge >= 0.3 is 0 Å². The molecule has 0 aromatic carbocycles. The topological polar surface area (TPSA) is 19.4 Å². The second kappa shape index (κ2) is 5.83. The van der Waals surface area contributed by atoms with Gasteiger partial charge in [-0.1, -0.05) is 0 Å². The number of hydrogen-bond donors (Lipinski definition) is 0. The molecule has 1 aromatic rings. The van der Waals surface area contributed by atoms with Gasteiger partial charge in [-0.2, -0.15) is 0 Å². The molecule has 0 radical (unpaired) electrons. The monoisotopic (exact) mass is 297 g/mol. The van der Waals surface area contributed by atoms with E-state index in [-0.39, 0.29) is 0 Å². The molecule has 0 atom stereocenters. The molecule has 94 valence electrons. The van der Waals surface area contributed by atoms with E-state index in [0.29, 0.717) is 0 Å². The van der Waals surface area contributed by atoms with Crippen molar-refractivity contribution < 1.29 is 0 Å². The lowest BCUT2D eigenvalue weighted by molar-refractivity contribution is 0.222. The van der Waals surface area contributed by atoms with Crippen LogP contribution in [0.1, 0.15) is 12.8 Å². The Labute approximate surface area is 112 Å². The molecule has 1 fully saturated rings. The fourth-order valence-electron chi connectivity index (χ4n) is 2.32. The molecule has 3 nitrogen and oxygen atoms in total. The van der Waals surface area contributed by atoms with Crippen LogP contribution >= 0.6 is 15.9 Å². The highest BCUT2D eigenvalue weighted by Crippen LogP contribution is 2.20. The van der Waals surface area contributed by atoms with Gasteiger partial charge in [0.2, 0.25) is 0 Å². The van der Waals surface area contributed by atoms with E-state index >= 15 is 0 Å². The average molecular weight is 298 g/mol. The third-order valence-electron chi connectivity index (χ3n) is 3.47. The van der Waals surface area contributed by atoms with Crippen LogP contribution in [-0.4, -0.2) is 43.6 Å². The fourth-order valence-corrected chi connectivity index (χ4v) is 2.55. The number of rotatable bonds is 3. The fraction of sp³-hybridized carbons (Fsp3) is 0.615. The van der Waals surface area contributed by atoms with Crippen molar-refractivity contribution in [3.05, 3.63) is 22.8 Å². The Balaban J connectivity index is 1.88. The largest absolute Gasteiger partial charge is 0.359 e. The van der Waals surface area contributed by atoms with Crippen molar-refractivity contribution in [2.24, 2.45) is 5.92 Å². The summed E-state index contributed by atoms with van der Waals surface area (Å²) in [6, 6.07) is 4.12. The average Bonchev–Trinajstić information content (AvgIpc) is 2.33. The number of nitrogens with zero attached hydrogens (tertiary/aromatic N) is 3. The van der Waals surface area contributed by atoms with Crippen LogP contribution in [0.25, 0.3) is 0 Å². The molecule has 2 rings (SSSR count). The minimum atomic E-state index is 0.807. The number of aromatic nitrogens is 1. The van der Waals surface area contributed by atoms with Crippen LogP contribution < -0.4 is 4.90 Å². The normalized spacial score (nSPS) is 18.3. The minimum absolute atomic E-state index is 0.807. The van der Waals surface area contributed by atoms with Gasteiger partial charge in [-0.25, -0.2) is 4.98 Å². The second-order valence-corrected chi connectivity index (χ2v) is 5.88. The van der Waals surface area contributed by atoms with Crippen molar-refractivity contribution in [1.29, 1.82) is 0 Å². The molecule has 1 aliphatic rings. The molecule has 2 heterocycles. The van der Waals surface area contributed by atoms with Crippen LogP contribution in [0.3, 0.4) is 0 Å². The van der Waals surface area contributed by atoms with E-state index in [9.17, 15) is 0 Å². The zero-order valence-electron chi connectivity index (χ0n) is 10.6. The SMILES string of the molecule is CN1CCC(CN(C)c2ccc(Br)cn2)CC1. The maximum atomic E-state index is 4.43. The van der Waals surface area contributed by atoms with Crippen LogP contribution in [0.5, 0.6) is 0 Å². The van der Waals surface area contributed by atoms with Gasteiger partial charge in [0.05, 0.1) is 0 Å². The Bertz CT molecular complexity index is 344. The summed E-state index contributed by atoms with van der Waals surface area (Å²) >= 11 is 3.41. The standard InChI is InChI=1S/C13H20BrN3/c1-16-7-5-11(6-8-16)10-17(2)13-4-3-12(14)9-15-13/h3-4,9,11H,5-8,10H2,1-2H3. The highest BCUT2D eigenvalue weighted by atomic mass is 79.9. The number of pyridine rings is 1. The number of halogens is 1. The summed E-state index contributed by atoms with van der Waals surface area (Å²) in [6.07, 6.45) is 4.47. The zero-order chi connectivity index (χ0) is 12.3. The number of hydrogen-bond acceptors (Lipinski definition) is 3. The van der Waals surface area contributed by atoms with E-state index in [1.54, 1.807) is 0 Å². The molecule has 0 aliphatic carbocycles. The van der Waals surface area contributed by atoms with Crippen LogP contribution in [0.4, 0.5) is 5.82 Å². The van der Waals surface area contributed by atoms with E-state index in [2.05, 4.69) is 50.9 Å². The smallest absolute Gasteiger partial charge is 0.128 e. The van der Waals surface area contributed by atoms with E-state index in [1.807, 2.05) is 12.3 Å². The first-order chi connectivity index (χ1) is 8.15. The van der Waals surface area contributed by atoms with Crippen molar-refractivity contribution in [3.8, 4) is 0 Å². The molecule has 4 heteroatoms. The highest BCUT2D eigenvalue weighted by molar-refractivity contribution is 9.10. The van der Waals surface area contributed by atoms with Gasteiger partial charge in [0.25, 0.3) is 0 Å². The summed E-state index contributed by atoms with van der Waals surface area (Å²) in [7, 11) is 4.34. The van der Waals surface area contributed by atoms with Gasteiger partial charge in [0.15, 0.2) is 0 Å². The van der Waals surface area contributed by atoms with Gasteiger partial charge < -0.3 is 9.80 Å². The second-order valence-electron chi connectivity index (χ2n) is 4.96. The van der Waals surface area contributed by atoms with E-state index < -0.39 is 0 Å². The third kappa shape index (κ3) is 3.68. The quantitative estimate of drug-likeness (QED) is 0.855. The Morgan fingerprint density at radius 1 is 1.41 bits per heavy atom. The summed E-state index contributed by atoms with van der Waals surface area (Å²) in [4.78, 5) is 9.10. The summed E-state index contributed by atoms with van der Waals surface area (Å²) in [6.45, 7) is 3.57. The van der Waals surface area contributed by atoms with Gasteiger partial charge in [0.1, 0.15) is 5.82 Å². The van der Waals surface area contributed by atoms with E-state index in [1.165, 1.54) is 25.9 Å². The molecule has 1 aromatic heterocycles. The maximum Gasteiger partial charge on any atom is 0.128 e. The molecule has 0 unspecified atom stereocenters. The molecule has 0 amide bonds. The van der Waals surface area contributed by atoms with Crippen LogP contribution in [0, 0.1) is 5.92 Å². The molecule has 0 N–H and O–H groups in total. The molecule has 0 bridgehead atoms. The summed E-state index contributed by atoms with van der Waals surface area (Å²) in [5.41, 5.74) is 0. The molecule has 17 heavy (non-hydrogen) atoms. The van der Waals surface area contributed by atoms with Gasteiger partial charge in [-0.05, 0) is 67.0 Å². The summed E-state index contributed by atoms with van der Waals surface area (Å²) in [5.74, 6) is 1.87. The Kier molecular flexibility index (Phi) is 4.40. The van der Waals surface area contributed by atoms with Crippen LogP contribution in [-0.2, 0) is 0 Å². The first-order valence-electron chi connectivity index (χ1n) is 6.16. The first-order valence-corrected chi connectivity index (χ1v) is 6.95. The predicted octanol–water partition coefficient (Wildman–Crippen LogP) is 2.62. The molecule has 1 aliphatic heterocycles. The Hall–Kier alpha value is -0.610. The molecule has 0 saturated carbocycles. The molecule has 1 saturated heterocycles. The Morgan fingerprint density at radius 3 is 2.71 bits per heavy atom. The van der Waals surface area contributed by atoms with Crippen molar-refractivity contribution >= 4 is 21.7 Å². The minimum Gasteiger partial charge on any atom is -0.359 e. The lowest BCUT2D eigenvalue weighted by Gasteiger charge is -2.32. The first kappa shape index (κ1) is 12.8. The Morgan fingerprint density at radius 2 is 2.12 bits per heavy atom. The van der Waals surface area contributed by atoms with Crippen LogP contribution in [0.15, 0.2) is 22.8 Å². The van der Waals surface area contributed by atoms with E-state index in [4.69, 9.17) is 0 Å². The van der Waals surface area contributed by atoms with Gasteiger partial charge in [-0.3, -0.25) is 0 Å². The van der Waals surface area contributed by atoms with Crippen molar-refractivity contribution in [1.82, 2.24) is 9.88 Å². The van der Waals surface area contributed by atoms with Crippen molar-refractivity contribution in [2.45, 2.75) is 12.8 Å². The third-order valence-corrected chi connectivity index (χ3v) is 3.94. The molecular formula is C13H20BrN3. The van der Waals surface area contributed by atoms with Crippen LogP contribution in [0.2, 0.25) is 0 Å². The summed E-state index contributed by atoms with van der Waals surface area (Å²) in [5, 5.41) is 0. The number of likely N-dealkylation sites (tertiary alicyclic amines) is 1. The molecular weight excluding hydrogens is 278 g/mol. The van der Waals surface area contributed by atoms with Crippen molar-refractivity contribution in [2.75, 3.05) is 38.6 Å². The van der Waals surface area contributed by atoms with E-state index in [0.717, 1.165) is 22.8 Å². The highest BCUT2D eigenvalue weighted by Gasteiger charge is 2.18. The number of piperidine rings is 1. The number of anilines is 1. The van der Waals surface area contributed by atoms with Gasteiger partial charge in [0, 0.05) is 24.3 Å². The summed E-state index contributed by atoms with van der Waals surface area (Å²) < 4.78 is 1.04.